The second-order valence-corrected chi connectivity index (χ2v) is 7.62. The van der Waals surface area contributed by atoms with Gasteiger partial charge in [-0.15, -0.1) is 0 Å². The molecule has 1 atom stereocenters. The second-order valence-electron chi connectivity index (χ2n) is 7.62. The third-order valence-electron chi connectivity index (χ3n) is 5.64. The molecule has 1 saturated heterocycles. The largest absolute Gasteiger partial charge is 0.316 e. The molecule has 0 bridgehead atoms. The summed E-state index contributed by atoms with van der Waals surface area (Å²) in [5.41, 5.74) is 0.560. The van der Waals surface area contributed by atoms with Gasteiger partial charge in [-0.3, -0.25) is 4.90 Å². The average Bonchev–Trinajstić information content (AvgIpc) is 2.76. The third-order valence-corrected chi connectivity index (χ3v) is 5.64. The van der Waals surface area contributed by atoms with E-state index in [1.54, 1.807) is 0 Å². The maximum absolute atomic E-state index is 3.68. The molecule has 1 unspecified atom stereocenters. The van der Waals surface area contributed by atoms with Crippen molar-refractivity contribution in [1.82, 2.24) is 10.2 Å². The maximum atomic E-state index is 3.68. The summed E-state index contributed by atoms with van der Waals surface area (Å²) in [4.78, 5) is 2.84. The van der Waals surface area contributed by atoms with Crippen molar-refractivity contribution in [3.8, 4) is 0 Å². The lowest BCUT2D eigenvalue weighted by Crippen LogP contribution is -2.46. The monoisotopic (exact) mass is 280 g/mol. The topological polar surface area (TPSA) is 15.3 Å². The van der Waals surface area contributed by atoms with Gasteiger partial charge in [-0.25, -0.2) is 0 Å². The van der Waals surface area contributed by atoms with E-state index in [0.29, 0.717) is 5.41 Å². The SMILES string of the molecule is CCNCC1(CN2CCCC2C(C)C)CCCCCC1. The summed E-state index contributed by atoms with van der Waals surface area (Å²) in [6.45, 7) is 12.1. The fourth-order valence-electron chi connectivity index (χ4n) is 4.49. The van der Waals surface area contributed by atoms with Crippen LogP contribution in [0.15, 0.2) is 0 Å². The first-order valence-electron chi connectivity index (χ1n) is 9.12. The maximum Gasteiger partial charge on any atom is 0.0119 e. The molecule has 20 heavy (non-hydrogen) atoms. The molecule has 1 N–H and O–H groups in total. The van der Waals surface area contributed by atoms with Crippen molar-refractivity contribution in [1.29, 1.82) is 0 Å². The fraction of sp³-hybridized carbons (Fsp3) is 1.00. The molecule has 0 radical (unpaired) electrons. The predicted octanol–water partition coefficient (Wildman–Crippen LogP) is 4.06. The van der Waals surface area contributed by atoms with Crippen LogP contribution in [-0.4, -0.2) is 37.1 Å². The summed E-state index contributed by atoms with van der Waals surface area (Å²) < 4.78 is 0. The summed E-state index contributed by atoms with van der Waals surface area (Å²) >= 11 is 0. The fourth-order valence-corrected chi connectivity index (χ4v) is 4.49. The lowest BCUT2D eigenvalue weighted by molar-refractivity contribution is 0.101. The van der Waals surface area contributed by atoms with Crippen molar-refractivity contribution in [2.75, 3.05) is 26.2 Å². The minimum Gasteiger partial charge on any atom is -0.316 e. The molecule has 2 heteroatoms. The molecule has 1 aliphatic heterocycles. The summed E-state index contributed by atoms with van der Waals surface area (Å²) in [7, 11) is 0. The zero-order valence-electron chi connectivity index (χ0n) is 14.1. The molecule has 1 heterocycles. The van der Waals surface area contributed by atoms with Crippen LogP contribution in [0.25, 0.3) is 0 Å². The molecule has 0 aromatic heterocycles. The Bertz CT molecular complexity index is 267. The standard InChI is InChI=1S/C18H36N2/c1-4-19-14-18(11-7-5-6-8-12-18)15-20-13-9-10-17(20)16(2)3/h16-17,19H,4-15H2,1-3H3. The van der Waals surface area contributed by atoms with Crippen molar-refractivity contribution >= 4 is 0 Å². The zero-order valence-corrected chi connectivity index (χ0v) is 14.1. The summed E-state index contributed by atoms with van der Waals surface area (Å²) in [6, 6.07) is 0.844. The highest BCUT2D eigenvalue weighted by Gasteiger charge is 2.36. The smallest absolute Gasteiger partial charge is 0.0119 e. The molecule has 2 nitrogen and oxygen atoms in total. The van der Waals surface area contributed by atoms with Gasteiger partial charge in [0, 0.05) is 19.1 Å². The van der Waals surface area contributed by atoms with E-state index < -0.39 is 0 Å². The lowest BCUT2D eigenvalue weighted by Gasteiger charge is -2.40. The Morgan fingerprint density at radius 2 is 1.80 bits per heavy atom. The van der Waals surface area contributed by atoms with Crippen molar-refractivity contribution in [2.24, 2.45) is 11.3 Å². The van der Waals surface area contributed by atoms with Crippen LogP contribution < -0.4 is 5.32 Å². The Morgan fingerprint density at radius 1 is 1.10 bits per heavy atom. The van der Waals surface area contributed by atoms with Gasteiger partial charge in [0.05, 0.1) is 0 Å². The molecule has 1 saturated carbocycles. The van der Waals surface area contributed by atoms with Gasteiger partial charge < -0.3 is 5.32 Å². The van der Waals surface area contributed by atoms with E-state index in [1.807, 2.05) is 0 Å². The van der Waals surface area contributed by atoms with E-state index in [9.17, 15) is 0 Å². The Morgan fingerprint density at radius 3 is 2.40 bits per heavy atom. The zero-order chi connectivity index (χ0) is 14.4. The first-order valence-corrected chi connectivity index (χ1v) is 9.12. The summed E-state index contributed by atoms with van der Waals surface area (Å²) in [6.07, 6.45) is 11.6. The van der Waals surface area contributed by atoms with Gasteiger partial charge in [-0.1, -0.05) is 46.5 Å². The van der Waals surface area contributed by atoms with Gasteiger partial charge in [0.2, 0.25) is 0 Å². The van der Waals surface area contributed by atoms with Gasteiger partial charge in [0.15, 0.2) is 0 Å². The summed E-state index contributed by atoms with van der Waals surface area (Å²) in [5.74, 6) is 0.819. The molecular weight excluding hydrogens is 244 g/mol. The quantitative estimate of drug-likeness (QED) is 0.738. The normalized spacial score (nSPS) is 27.9. The number of nitrogens with one attached hydrogen (secondary N) is 1. The minimum atomic E-state index is 0.560. The minimum absolute atomic E-state index is 0.560. The highest BCUT2D eigenvalue weighted by Crippen LogP contribution is 2.38. The van der Waals surface area contributed by atoms with Crippen molar-refractivity contribution < 1.29 is 0 Å². The Hall–Kier alpha value is -0.0800. The Balaban J connectivity index is 2.02. The molecule has 1 aliphatic carbocycles. The van der Waals surface area contributed by atoms with Gasteiger partial charge in [-0.05, 0) is 50.1 Å². The van der Waals surface area contributed by atoms with Gasteiger partial charge in [0.1, 0.15) is 0 Å². The van der Waals surface area contributed by atoms with Gasteiger partial charge in [-0.2, -0.15) is 0 Å². The van der Waals surface area contributed by atoms with E-state index in [1.165, 1.54) is 71.0 Å². The average molecular weight is 280 g/mol. The van der Waals surface area contributed by atoms with E-state index in [4.69, 9.17) is 0 Å². The van der Waals surface area contributed by atoms with Crippen LogP contribution in [0.4, 0.5) is 0 Å². The van der Waals surface area contributed by atoms with Crippen LogP contribution in [0.5, 0.6) is 0 Å². The third kappa shape index (κ3) is 4.21. The van der Waals surface area contributed by atoms with Crippen molar-refractivity contribution in [3.05, 3.63) is 0 Å². The number of nitrogens with zero attached hydrogens (tertiary/aromatic N) is 1. The van der Waals surface area contributed by atoms with Crippen LogP contribution in [0.1, 0.15) is 72.1 Å². The van der Waals surface area contributed by atoms with Crippen molar-refractivity contribution in [2.45, 2.75) is 78.2 Å². The lowest BCUT2D eigenvalue weighted by atomic mass is 9.79. The molecule has 2 fully saturated rings. The molecule has 0 aromatic rings. The van der Waals surface area contributed by atoms with Crippen LogP contribution in [0, 0.1) is 11.3 Å². The molecule has 0 spiro atoms. The van der Waals surface area contributed by atoms with Crippen molar-refractivity contribution in [3.63, 3.8) is 0 Å². The molecule has 0 aromatic carbocycles. The first kappa shape index (κ1) is 16.3. The Labute approximate surface area is 126 Å². The van der Waals surface area contributed by atoms with E-state index in [0.717, 1.165) is 18.5 Å². The van der Waals surface area contributed by atoms with Crippen LogP contribution >= 0.6 is 0 Å². The van der Waals surface area contributed by atoms with Gasteiger partial charge in [0.25, 0.3) is 0 Å². The molecule has 2 rings (SSSR count). The van der Waals surface area contributed by atoms with E-state index in [2.05, 4.69) is 31.0 Å². The number of rotatable bonds is 6. The van der Waals surface area contributed by atoms with Crippen LogP contribution in [-0.2, 0) is 0 Å². The predicted molar refractivity (Wildman–Crippen MR) is 88.1 cm³/mol. The highest BCUT2D eigenvalue weighted by atomic mass is 15.2. The first-order chi connectivity index (χ1) is 9.67. The van der Waals surface area contributed by atoms with Gasteiger partial charge >= 0.3 is 0 Å². The highest BCUT2D eigenvalue weighted by molar-refractivity contribution is 4.91. The Kier molecular flexibility index (Phi) is 6.35. The number of likely N-dealkylation sites (tertiary alicyclic amines) is 1. The van der Waals surface area contributed by atoms with Crippen LogP contribution in [0.3, 0.4) is 0 Å². The van der Waals surface area contributed by atoms with E-state index in [-0.39, 0.29) is 0 Å². The molecule has 2 aliphatic rings. The summed E-state index contributed by atoms with van der Waals surface area (Å²) in [5, 5.41) is 3.68. The van der Waals surface area contributed by atoms with Crippen LogP contribution in [0.2, 0.25) is 0 Å². The van der Waals surface area contributed by atoms with E-state index >= 15 is 0 Å². The number of hydrogen-bond acceptors (Lipinski definition) is 2. The molecular formula is C18H36N2. The second kappa shape index (κ2) is 7.79. The molecule has 118 valence electrons. The molecule has 0 amide bonds. The number of hydrogen-bond donors (Lipinski definition) is 1.